The zero-order valence-electron chi connectivity index (χ0n) is 11.5. The molecule has 0 spiro atoms. The van der Waals surface area contributed by atoms with Crippen LogP contribution in [0.5, 0.6) is 0 Å². The molecule has 2 N–H and O–H groups in total. The molecule has 2 rings (SSSR count). The van der Waals surface area contributed by atoms with Crippen LogP contribution in [0.15, 0.2) is 0 Å². The molecule has 114 valence electrons. The van der Waals surface area contributed by atoms with Crippen LogP contribution in [0.1, 0.15) is 25.7 Å². The van der Waals surface area contributed by atoms with E-state index in [-0.39, 0.29) is 25.3 Å². The zero-order valence-corrected chi connectivity index (χ0v) is 11.5. The van der Waals surface area contributed by atoms with Gasteiger partial charge < -0.3 is 24.7 Å². The Balaban J connectivity index is 2.05. The number of amides is 2. The highest BCUT2D eigenvalue weighted by atomic mass is 16.5. The molecule has 2 fully saturated rings. The molecule has 1 heterocycles. The number of rotatable bonds is 5. The van der Waals surface area contributed by atoms with Gasteiger partial charge in [-0.1, -0.05) is 0 Å². The molecule has 1 atom stereocenters. The van der Waals surface area contributed by atoms with Gasteiger partial charge in [0.05, 0.1) is 13.2 Å². The van der Waals surface area contributed by atoms with E-state index in [1.807, 2.05) is 0 Å². The molecule has 2 amide bonds. The van der Waals surface area contributed by atoms with Crippen LogP contribution >= 0.6 is 0 Å². The lowest BCUT2D eigenvalue weighted by Gasteiger charge is -2.42. The molecule has 0 aromatic rings. The number of aliphatic hydroxyl groups is 1. The molecule has 7 heteroatoms. The lowest BCUT2D eigenvalue weighted by atomic mass is 9.91. The average molecular weight is 286 g/mol. The minimum atomic E-state index is -1.03. The summed E-state index contributed by atoms with van der Waals surface area (Å²) in [6, 6.07) is -0.960. The van der Waals surface area contributed by atoms with Crippen molar-refractivity contribution in [2.75, 3.05) is 32.9 Å². The first-order valence-corrected chi connectivity index (χ1v) is 7.13. The third-order valence-electron chi connectivity index (χ3n) is 3.98. The quantitative estimate of drug-likeness (QED) is 0.749. The van der Waals surface area contributed by atoms with Crippen molar-refractivity contribution in [3.63, 3.8) is 0 Å². The summed E-state index contributed by atoms with van der Waals surface area (Å²) in [5.41, 5.74) is 0. The molecule has 0 radical (unpaired) electrons. The number of hydrogen-bond acceptors (Lipinski definition) is 4. The second-order valence-electron chi connectivity index (χ2n) is 5.26. The van der Waals surface area contributed by atoms with Crippen molar-refractivity contribution < 1.29 is 24.5 Å². The number of aliphatic carboxylic acids is 1. The SMILES string of the molecule is O=C(O)C1COCCN1C(=O)N(CCCO)C1CCC1. The summed E-state index contributed by atoms with van der Waals surface area (Å²) in [5.74, 6) is -1.03. The van der Waals surface area contributed by atoms with Crippen molar-refractivity contribution in [3.05, 3.63) is 0 Å². The van der Waals surface area contributed by atoms with Crippen LogP contribution in [0.25, 0.3) is 0 Å². The molecule has 1 aliphatic heterocycles. The number of carboxylic acid groups (broad SMARTS) is 1. The Kier molecular flexibility index (Phi) is 5.19. The van der Waals surface area contributed by atoms with Gasteiger partial charge in [0.15, 0.2) is 6.04 Å². The summed E-state index contributed by atoms with van der Waals surface area (Å²) >= 11 is 0. The summed E-state index contributed by atoms with van der Waals surface area (Å²) < 4.78 is 5.15. The van der Waals surface area contributed by atoms with Gasteiger partial charge in [-0.2, -0.15) is 0 Å². The lowest BCUT2D eigenvalue weighted by molar-refractivity contribution is -0.147. The van der Waals surface area contributed by atoms with E-state index < -0.39 is 12.0 Å². The zero-order chi connectivity index (χ0) is 14.5. The molecule has 1 saturated heterocycles. The first-order valence-electron chi connectivity index (χ1n) is 7.13. The highest BCUT2D eigenvalue weighted by molar-refractivity contribution is 5.83. The van der Waals surface area contributed by atoms with Crippen molar-refractivity contribution in [1.82, 2.24) is 9.80 Å². The van der Waals surface area contributed by atoms with Crippen molar-refractivity contribution in [2.24, 2.45) is 0 Å². The van der Waals surface area contributed by atoms with Crippen LogP contribution < -0.4 is 0 Å². The normalized spacial score (nSPS) is 23.2. The Morgan fingerprint density at radius 3 is 2.65 bits per heavy atom. The van der Waals surface area contributed by atoms with Gasteiger partial charge >= 0.3 is 12.0 Å². The number of hydrogen-bond donors (Lipinski definition) is 2. The van der Waals surface area contributed by atoms with Gasteiger partial charge in [0.1, 0.15) is 0 Å². The van der Waals surface area contributed by atoms with Gasteiger partial charge in [0, 0.05) is 25.7 Å². The van der Waals surface area contributed by atoms with Crippen LogP contribution in [-0.2, 0) is 9.53 Å². The largest absolute Gasteiger partial charge is 0.480 e. The molecule has 0 bridgehead atoms. The topological polar surface area (TPSA) is 90.3 Å². The van der Waals surface area contributed by atoms with E-state index in [9.17, 15) is 14.7 Å². The summed E-state index contributed by atoms with van der Waals surface area (Å²) in [6.07, 6.45) is 3.53. The van der Waals surface area contributed by atoms with Crippen LogP contribution in [0.4, 0.5) is 4.79 Å². The highest BCUT2D eigenvalue weighted by Crippen LogP contribution is 2.26. The van der Waals surface area contributed by atoms with Gasteiger partial charge in [-0.3, -0.25) is 0 Å². The van der Waals surface area contributed by atoms with Gasteiger partial charge in [-0.15, -0.1) is 0 Å². The second kappa shape index (κ2) is 6.90. The maximum absolute atomic E-state index is 12.6. The Hall–Kier alpha value is -1.34. The Morgan fingerprint density at radius 1 is 1.35 bits per heavy atom. The first-order chi connectivity index (χ1) is 9.65. The van der Waals surface area contributed by atoms with E-state index in [1.165, 1.54) is 4.90 Å². The number of carbonyl (C=O) groups is 2. The molecular formula is C13H22N2O5. The second-order valence-corrected chi connectivity index (χ2v) is 5.26. The third kappa shape index (κ3) is 3.21. The average Bonchev–Trinajstić information content (AvgIpc) is 2.40. The van der Waals surface area contributed by atoms with Gasteiger partial charge in [0.2, 0.25) is 0 Å². The third-order valence-corrected chi connectivity index (χ3v) is 3.98. The van der Waals surface area contributed by atoms with Crippen LogP contribution in [0.3, 0.4) is 0 Å². The molecule has 2 aliphatic rings. The van der Waals surface area contributed by atoms with Crippen molar-refractivity contribution in [1.29, 1.82) is 0 Å². The van der Waals surface area contributed by atoms with E-state index in [0.29, 0.717) is 26.1 Å². The number of nitrogens with zero attached hydrogens (tertiary/aromatic N) is 2. The van der Waals surface area contributed by atoms with E-state index in [0.717, 1.165) is 19.3 Å². The Labute approximate surface area is 118 Å². The van der Waals surface area contributed by atoms with E-state index in [4.69, 9.17) is 9.84 Å². The number of carbonyl (C=O) groups excluding carboxylic acids is 1. The van der Waals surface area contributed by atoms with E-state index >= 15 is 0 Å². The molecular weight excluding hydrogens is 264 g/mol. The van der Waals surface area contributed by atoms with Crippen LogP contribution in [0, 0.1) is 0 Å². The Bertz CT molecular complexity index is 359. The molecule has 7 nitrogen and oxygen atoms in total. The van der Waals surface area contributed by atoms with Crippen molar-refractivity contribution >= 4 is 12.0 Å². The Morgan fingerprint density at radius 2 is 2.10 bits per heavy atom. The number of carboxylic acids is 1. The van der Waals surface area contributed by atoms with Crippen molar-refractivity contribution in [3.8, 4) is 0 Å². The lowest BCUT2D eigenvalue weighted by Crippen LogP contribution is -2.59. The van der Waals surface area contributed by atoms with Crippen LogP contribution in [-0.4, -0.2) is 77.0 Å². The fourth-order valence-corrected chi connectivity index (χ4v) is 2.58. The fraction of sp³-hybridized carbons (Fsp3) is 0.846. The molecule has 1 saturated carbocycles. The van der Waals surface area contributed by atoms with E-state index in [2.05, 4.69) is 0 Å². The first kappa shape index (κ1) is 15.1. The summed E-state index contributed by atoms with van der Waals surface area (Å²) in [7, 11) is 0. The molecule has 1 unspecified atom stereocenters. The highest BCUT2D eigenvalue weighted by Gasteiger charge is 2.38. The number of ether oxygens (including phenoxy) is 1. The van der Waals surface area contributed by atoms with Gasteiger partial charge in [0.25, 0.3) is 0 Å². The summed E-state index contributed by atoms with van der Waals surface area (Å²) in [6.45, 7) is 1.22. The molecule has 1 aliphatic carbocycles. The minimum absolute atomic E-state index is 0.0297. The minimum Gasteiger partial charge on any atom is -0.480 e. The van der Waals surface area contributed by atoms with Gasteiger partial charge in [-0.05, 0) is 25.7 Å². The maximum Gasteiger partial charge on any atom is 0.328 e. The molecule has 20 heavy (non-hydrogen) atoms. The maximum atomic E-state index is 12.6. The predicted octanol–water partition coefficient (Wildman–Crippen LogP) is 0.129. The number of aliphatic hydroxyl groups excluding tert-OH is 1. The number of morpholine rings is 1. The van der Waals surface area contributed by atoms with Crippen LogP contribution in [0.2, 0.25) is 0 Å². The smallest absolute Gasteiger partial charge is 0.328 e. The standard InChI is InChI=1S/C13H22N2O5/c16-7-2-5-14(10-3-1-4-10)13(19)15-6-8-20-9-11(15)12(17)18/h10-11,16H,1-9H2,(H,17,18). The van der Waals surface area contributed by atoms with Crippen molar-refractivity contribution in [2.45, 2.75) is 37.8 Å². The van der Waals surface area contributed by atoms with Gasteiger partial charge in [-0.25, -0.2) is 9.59 Å². The van der Waals surface area contributed by atoms with E-state index in [1.54, 1.807) is 4.90 Å². The fourth-order valence-electron chi connectivity index (χ4n) is 2.58. The molecule has 0 aromatic heterocycles. The predicted molar refractivity (Wildman–Crippen MR) is 70.4 cm³/mol. The summed E-state index contributed by atoms with van der Waals surface area (Å²) in [4.78, 5) is 26.9. The number of urea groups is 1. The monoisotopic (exact) mass is 286 g/mol. The molecule has 0 aromatic carbocycles. The summed E-state index contributed by atoms with van der Waals surface area (Å²) in [5, 5.41) is 18.1.